The first-order valence-corrected chi connectivity index (χ1v) is 7.36. The van der Waals surface area contributed by atoms with Crippen LogP contribution in [0, 0.1) is 11.3 Å². The summed E-state index contributed by atoms with van der Waals surface area (Å²) in [5.74, 6) is 0. The molecule has 1 aliphatic carbocycles. The number of hydrogen-bond acceptors (Lipinski definition) is 3. The monoisotopic (exact) mass is 255 g/mol. The molecule has 0 radical (unpaired) electrons. The molecule has 1 heterocycles. The molecule has 1 saturated heterocycles. The van der Waals surface area contributed by atoms with Crippen molar-refractivity contribution in [3.05, 3.63) is 29.8 Å². The van der Waals surface area contributed by atoms with Crippen molar-refractivity contribution in [2.45, 2.75) is 31.7 Å². The van der Waals surface area contributed by atoms with Crippen LogP contribution < -0.4 is 4.90 Å². The number of rotatable bonds is 2. The molecule has 1 aliphatic heterocycles. The average molecular weight is 255 g/mol. The lowest BCUT2D eigenvalue weighted by atomic mass is 10.1. The van der Waals surface area contributed by atoms with E-state index in [9.17, 15) is 0 Å². The number of nitrogens with zero attached hydrogens (tertiary/aromatic N) is 3. The van der Waals surface area contributed by atoms with Crippen LogP contribution >= 0.6 is 0 Å². The van der Waals surface area contributed by atoms with Gasteiger partial charge in [0.25, 0.3) is 0 Å². The number of nitriles is 1. The number of benzene rings is 1. The van der Waals surface area contributed by atoms with Crippen LogP contribution in [0.3, 0.4) is 0 Å². The standard InChI is InChI=1S/C16H21N3/c17-13-14-4-3-7-16(12-14)19-10-8-18(9-11-19)15-5-1-2-6-15/h3-4,7,12,15H,1-2,5-6,8-11H2. The second kappa shape index (κ2) is 5.63. The minimum absolute atomic E-state index is 0.760. The third-order valence-electron chi connectivity index (χ3n) is 4.50. The molecule has 100 valence electrons. The van der Waals surface area contributed by atoms with E-state index in [0.29, 0.717) is 0 Å². The molecule has 0 spiro atoms. The van der Waals surface area contributed by atoms with E-state index >= 15 is 0 Å². The topological polar surface area (TPSA) is 30.3 Å². The van der Waals surface area contributed by atoms with Gasteiger partial charge in [-0.15, -0.1) is 0 Å². The first kappa shape index (κ1) is 12.5. The minimum atomic E-state index is 0.760. The third-order valence-corrected chi connectivity index (χ3v) is 4.50. The summed E-state index contributed by atoms with van der Waals surface area (Å²) in [6, 6.07) is 11.0. The Kier molecular flexibility index (Phi) is 3.70. The van der Waals surface area contributed by atoms with Crippen LogP contribution in [0.25, 0.3) is 0 Å². The molecule has 1 aromatic rings. The second-order valence-corrected chi connectivity index (χ2v) is 5.62. The molecule has 0 atom stereocenters. The lowest BCUT2D eigenvalue weighted by Gasteiger charge is -2.39. The third kappa shape index (κ3) is 2.74. The van der Waals surface area contributed by atoms with Crippen LogP contribution in [0.5, 0.6) is 0 Å². The Morgan fingerprint density at radius 2 is 1.79 bits per heavy atom. The lowest BCUT2D eigenvalue weighted by molar-refractivity contribution is 0.187. The molecule has 3 rings (SSSR count). The molecule has 0 bridgehead atoms. The van der Waals surface area contributed by atoms with E-state index in [-0.39, 0.29) is 0 Å². The molecular formula is C16H21N3. The zero-order valence-corrected chi connectivity index (χ0v) is 11.4. The molecule has 3 heteroatoms. The Balaban J connectivity index is 1.61. The van der Waals surface area contributed by atoms with Crippen molar-refractivity contribution in [1.29, 1.82) is 5.26 Å². The fourth-order valence-electron chi connectivity index (χ4n) is 3.39. The van der Waals surface area contributed by atoms with Gasteiger partial charge < -0.3 is 4.90 Å². The summed E-state index contributed by atoms with van der Waals surface area (Å²) in [5.41, 5.74) is 1.96. The maximum absolute atomic E-state index is 8.97. The van der Waals surface area contributed by atoms with E-state index in [1.54, 1.807) is 0 Å². The largest absolute Gasteiger partial charge is 0.369 e. The van der Waals surface area contributed by atoms with Gasteiger partial charge in [0, 0.05) is 37.9 Å². The van der Waals surface area contributed by atoms with Gasteiger partial charge in [-0.2, -0.15) is 5.26 Å². The Labute approximate surface area is 115 Å². The summed E-state index contributed by atoms with van der Waals surface area (Å²) >= 11 is 0. The van der Waals surface area contributed by atoms with E-state index in [1.807, 2.05) is 18.2 Å². The van der Waals surface area contributed by atoms with Crippen molar-refractivity contribution in [3.63, 3.8) is 0 Å². The van der Waals surface area contributed by atoms with E-state index in [0.717, 1.165) is 24.7 Å². The quantitative estimate of drug-likeness (QED) is 0.814. The normalized spacial score (nSPS) is 21.5. The van der Waals surface area contributed by atoms with E-state index < -0.39 is 0 Å². The first-order chi connectivity index (χ1) is 9.36. The van der Waals surface area contributed by atoms with Crippen LogP contribution in [0.4, 0.5) is 5.69 Å². The molecule has 0 unspecified atom stereocenters. The smallest absolute Gasteiger partial charge is 0.0992 e. The highest BCUT2D eigenvalue weighted by molar-refractivity contribution is 5.51. The first-order valence-electron chi connectivity index (χ1n) is 7.36. The zero-order chi connectivity index (χ0) is 13.1. The van der Waals surface area contributed by atoms with E-state index in [2.05, 4.69) is 21.9 Å². The van der Waals surface area contributed by atoms with Crippen LogP contribution in [-0.2, 0) is 0 Å². The van der Waals surface area contributed by atoms with Gasteiger partial charge in [0.1, 0.15) is 0 Å². The Morgan fingerprint density at radius 1 is 1.05 bits per heavy atom. The highest BCUT2D eigenvalue weighted by Gasteiger charge is 2.26. The molecule has 1 aromatic carbocycles. The molecule has 0 aromatic heterocycles. The van der Waals surface area contributed by atoms with Gasteiger partial charge in [-0.3, -0.25) is 4.90 Å². The fourth-order valence-corrected chi connectivity index (χ4v) is 3.39. The van der Waals surface area contributed by atoms with Crippen molar-refractivity contribution in [2.75, 3.05) is 31.1 Å². The summed E-state index contributed by atoms with van der Waals surface area (Å²) in [4.78, 5) is 5.07. The van der Waals surface area contributed by atoms with E-state index in [4.69, 9.17) is 5.26 Å². The summed E-state index contributed by atoms with van der Waals surface area (Å²) in [5, 5.41) is 8.97. The van der Waals surface area contributed by atoms with Crippen LogP contribution in [0.1, 0.15) is 31.2 Å². The van der Waals surface area contributed by atoms with Crippen molar-refractivity contribution < 1.29 is 0 Å². The predicted octanol–water partition coefficient (Wildman–Crippen LogP) is 2.62. The van der Waals surface area contributed by atoms with Gasteiger partial charge >= 0.3 is 0 Å². The predicted molar refractivity (Wildman–Crippen MR) is 77.2 cm³/mol. The van der Waals surface area contributed by atoms with Crippen LogP contribution in [-0.4, -0.2) is 37.1 Å². The summed E-state index contributed by atoms with van der Waals surface area (Å²) < 4.78 is 0. The van der Waals surface area contributed by atoms with Crippen LogP contribution in [0.2, 0.25) is 0 Å². The Hall–Kier alpha value is -1.53. The van der Waals surface area contributed by atoms with Gasteiger partial charge in [0.2, 0.25) is 0 Å². The van der Waals surface area contributed by atoms with Gasteiger partial charge in [-0.25, -0.2) is 0 Å². The fraction of sp³-hybridized carbons (Fsp3) is 0.562. The maximum atomic E-state index is 8.97. The zero-order valence-electron chi connectivity index (χ0n) is 11.4. The summed E-state index contributed by atoms with van der Waals surface area (Å²) in [6.45, 7) is 4.51. The molecule has 0 amide bonds. The highest BCUT2D eigenvalue weighted by atomic mass is 15.3. The number of piperazine rings is 1. The number of hydrogen-bond donors (Lipinski definition) is 0. The van der Waals surface area contributed by atoms with Crippen molar-refractivity contribution >= 4 is 5.69 Å². The van der Waals surface area contributed by atoms with Gasteiger partial charge in [0.15, 0.2) is 0 Å². The van der Waals surface area contributed by atoms with E-state index in [1.165, 1.54) is 44.5 Å². The van der Waals surface area contributed by atoms with Crippen LogP contribution in [0.15, 0.2) is 24.3 Å². The molecular weight excluding hydrogens is 234 g/mol. The molecule has 2 aliphatic rings. The Morgan fingerprint density at radius 3 is 2.47 bits per heavy atom. The summed E-state index contributed by atoms with van der Waals surface area (Å²) in [7, 11) is 0. The highest BCUT2D eigenvalue weighted by Crippen LogP contribution is 2.25. The SMILES string of the molecule is N#Cc1cccc(N2CCN(C3CCCC3)CC2)c1. The van der Waals surface area contributed by atoms with Crippen molar-refractivity contribution in [3.8, 4) is 6.07 Å². The average Bonchev–Trinajstić information content (AvgIpc) is 3.02. The molecule has 1 saturated carbocycles. The number of anilines is 1. The molecule has 19 heavy (non-hydrogen) atoms. The molecule has 2 fully saturated rings. The molecule has 0 N–H and O–H groups in total. The van der Waals surface area contributed by atoms with Gasteiger partial charge in [-0.1, -0.05) is 18.9 Å². The maximum Gasteiger partial charge on any atom is 0.0992 e. The van der Waals surface area contributed by atoms with Crippen molar-refractivity contribution in [1.82, 2.24) is 4.90 Å². The van der Waals surface area contributed by atoms with Crippen molar-refractivity contribution in [2.24, 2.45) is 0 Å². The second-order valence-electron chi connectivity index (χ2n) is 5.62. The Bertz CT molecular complexity index is 463. The lowest BCUT2D eigenvalue weighted by Crippen LogP contribution is -2.49. The van der Waals surface area contributed by atoms with Gasteiger partial charge in [0.05, 0.1) is 11.6 Å². The molecule has 3 nitrogen and oxygen atoms in total. The minimum Gasteiger partial charge on any atom is -0.369 e. The van der Waals surface area contributed by atoms with Gasteiger partial charge in [-0.05, 0) is 31.0 Å². The summed E-state index contributed by atoms with van der Waals surface area (Å²) in [6.07, 6.45) is 5.61.